The summed E-state index contributed by atoms with van der Waals surface area (Å²) in [5.41, 5.74) is -0.804. The molecule has 1 aromatic rings. The second-order valence-electron chi connectivity index (χ2n) is 4.93. The highest BCUT2D eigenvalue weighted by atomic mass is 16.3. The number of aromatic hydroxyl groups is 1. The predicted molar refractivity (Wildman–Crippen MR) is 69.6 cm³/mol. The minimum atomic E-state index is -1.01. The normalized spacial score (nSPS) is 14.3. The van der Waals surface area contributed by atoms with Crippen molar-refractivity contribution < 1.29 is 15.0 Å². The third-order valence-electron chi connectivity index (χ3n) is 2.44. The van der Waals surface area contributed by atoms with Gasteiger partial charge in [-0.25, -0.2) is 0 Å². The van der Waals surface area contributed by atoms with Crippen LogP contribution in [0.15, 0.2) is 24.3 Å². The van der Waals surface area contributed by atoms with E-state index < -0.39 is 11.5 Å². The van der Waals surface area contributed by atoms with Crippen molar-refractivity contribution in [1.82, 2.24) is 10.2 Å². The van der Waals surface area contributed by atoms with Crippen LogP contribution >= 0.6 is 0 Å². The van der Waals surface area contributed by atoms with Crippen molar-refractivity contribution >= 4 is 5.91 Å². The van der Waals surface area contributed by atoms with Gasteiger partial charge in [-0.15, -0.1) is 0 Å². The van der Waals surface area contributed by atoms with E-state index in [4.69, 9.17) is 0 Å². The topological polar surface area (TPSA) is 72.8 Å². The lowest BCUT2D eigenvalue weighted by molar-refractivity contribution is 0.0325. The minimum Gasteiger partial charge on any atom is -0.507 e. The summed E-state index contributed by atoms with van der Waals surface area (Å²) in [6.45, 7) is 2.21. The lowest BCUT2D eigenvalue weighted by atomic mass is 10.1. The Kier molecular flexibility index (Phi) is 4.69. The first-order chi connectivity index (χ1) is 8.32. The third kappa shape index (κ3) is 4.35. The second-order valence-corrected chi connectivity index (χ2v) is 4.93. The molecular formula is C13H20N2O3. The minimum absolute atomic E-state index is 0.0674. The van der Waals surface area contributed by atoms with Crippen LogP contribution in [0.25, 0.3) is 0 Å². The molecule has 0 radical (unpaired) electrons. The van der Waals surface area contributed by atoms with Crippen molar-refractivity contribution in [2.24, 2.45) is 0 Å². The molecule has 0 spiro atoms. The van der Waals surface area contributed by atoms with E-state index in [0.29, 0.717) is 6.54 Å². The van der Waals surface area contributed by atoms with E-state index in [-0.39, 0.29) is 17.9 Å². The zero-order valence-corrected chi connectivity index (χ0v) is 11.0. The highest BCUT2D eigenvalue weighted by Crippen LogP contribution is 2.15. The first-order valence-corrected chi connectivity index (χ1v) is 5.75. The van der Waals surface area contributed by atoms with Crippen LogP contribution < -0.4 is 5.32 Å². The zero-order valence-electron chi connectivity index (χ0n) is 11.0. The van der Waals surface area contributed by atoms with Crippen LogP contribution in [0.1, 0.15) is 17.3 Å². The molecule has 100 valence electrons. The van der Waals surface area contributed by atoms with Crippen molar-refractivity contribution in [3.63, 3.8) is 0 Å². The standard InChI is InChI=1S/C13H20N2O3/c1-13(18,9-15(2)3)8-14-12(17)10-6-4-5-7-11(10)16/h4-7,16,18H,8-9H2,1-3H3,(H,14,17). The van der Waals surface area contributed by atoms with Gasteiger partial charge in [0.25, 0.3) is 5.91 Å². The van der Waals surface area contributed by atoms with E-state index in [1.807, 2.05) is 19.0 Å². The molecule has 0 aromatic heterocycles. The predicted octanol–water partition coefficient (Wildman–Crippen LogP) is 0.435. The molecule has 1 rings (SSSR count). The summed E-state index contributed by atoms with van der Waals surface area (Å²) in [6.07, 6.45) is 0. The van der Waals surface area contributed by atoms with Gasteiger partial charge in [-0.2, -0.15) is 0 Å². The summed E-state index contributed by atoms with van der Waals surface area (Å²) in [5.74, 6) is -0.464. The summed E-state index contributed by atoms with van der Waals surface area (Å²) in [7, 11) is 3.69. The summed E-state index contributed by atoms with van der Waals surface area (Å²) < 4.78 is 0. The maximum Gasteiger partial charge on any atom is 0.255 e. The largest absolute Gasteiger partial charge is 0.507 e. The Labute approximate surface area is 107 Å². The number of benzene rings is 1. The average Bonchev–Trinajstić information content (AvgIpc) is 2.25. The van der Waals surface area contributed by atoms with Crippen molar-refractivity contribution in [3.8, 4) is 5.75 Å². The van der Waals surface area contributed by atoms with Crippen LogP contribution in [-0.4, -0.2) is 53.8 Å². The lowest BCUT2D eigenvalue weighted by Gasteiger charge is -2.27. The van der Waals surface area contributed by atoms with E-state index in [2.05, 4.69) is 5.32 Å². The van der Waals surface area contributed by atoms with Gasteiger partial charge in [0, 0.05) is 13.1 Å². The first-order valence-electron chi connectivity index (χ1n) is 5.75. The number of amides is 1. The summed E-state index contributed by atoms with van der Waals surface area (Å²) in [6, 6.07) is 6.30. The number of carbonyl (C=O) groups excluding carboxylic acids is 1. The first kappa shape index (κ1) is 14.5. The Morgan fingerprint density at radius 2 is 2.00 bits per heavy atom. The molecule has 1 amide bonds. The molecule has 0 bridgehead atoms. The highest BCUT2D eigenvalue weighted by molar-refractivity contribution is 5.96. The van der Waals surface area contributed by atoms with Gasteiger partial charge in [-0.1, -0.05) is 12.1 Å². The number of likely N-dealkylation sites (N-methyl/N-ethyl adjacent to an activating group) is 1. The van der Waals surface area contributed by atoms with E-state index in [1.165, 1.54) is 12.1 Å². The van der Waals surface area contributed by atoms with E-state index in [0.717, 1.165) is 0 Å². The van der Waals surface area contributed by atoms with Gasteiger partial charge in [0.1, 0.15) is 5.75 Å². The maximum atomic E-state index is 11.8. The number of hydrogen-bond acceptors (Lipinski definition) is 4. The number of rotatable bonds is 5. The summed E-state index contributed by atoms with van der Waals surface area (Å²) in [5, 5.41) is 22.2. The molecule has 0 heterocycles. The number of hydrogen-bond donors (Lipinski definition) is 3. The molecule has 0 fully saturated rings. The quantitative estimate of drug-likeness (QED) is 0.711. The molecule has 0 saturated heterocycles. The van der Waals surface area contributed by atoms with E-state index in [9.17, 15) is 15.0 Å². The SMILES string of the molecule is CN(C)CC(C)(O)CNC(=O)c1ccccc1O. The van der Waals surface area contributed by atoms with Crippen molar-refractivity contribution in [3.05, 3.63) is 29.8 Å². The average molecular weight is 252 g/mol. The van der Waals surface area contributed by atoms with Crippen LogP contribution in [0, 0.1) is 0 Å². The Morgan fingerprint density at radius 1 is 1.39 bits per heavy atom. The monoisotopic (exact) mass is 252 g/mol. The number of phenolic OH excluding ortho intramolecular Hbond substituents is 1. The fourth-order valence-corrected chi connectivity index (χ4v) is 1.77. The van der Waals surface area contributed by atoms with Crippen LogP contribution in [0.5, 0.6) is 5.75 Å². The summed E-state index contributed by atoms with van der Waals surface area (Å²) in [4.78, 5) is 13.6. The van der Waals surface area contributed by atoms with Crippen molar-refractivity contribution in [2.75, 3.05) is 27.2 Å². The van der Waals surface area contributed by atoms with Gasteiger partial charge in [-0.05, 0) is 33.2 Å². The fourth-order valence-electron chi connectivity index (χ4n) is 1.77. The Balaban J connectivity index is 2.59. The third-order valence-corrected chi connectivity index (χ3v) is 2.44. The number of phenols is 1. The summed E-state index contributed by atoms with van der Waals surface area (Å²) >= 11 is 0. The van der Waals surface area contributed by atoms with E-state index >= 15 is 0 Å². The Morgan fingerprint density at radius 3 is 2.56 bits per heavy atom. The van der Waals surface area contributed by atoms with Gasteiger partial charge in [-0.3, -0.25) is 4.79 Å². The van der Waals surface area contributed by atoms with Crippen molar-refractivity contribution in [2.45, 2.75) is 12.5 Å². The number of carbonyl (C=O) groups is 1. The molecule has 5 heteroatoms. The van der Waals surface area contributed by atoms with Gasteiger partial charge < -0.3 is 20.4 Å². The number of nitrogens with one attached hydrogen (secondary N) is 1. The second kappa shape index (κ2) is 5.84. The zero-order chi connectivity index (χ0) is 13.8. The molecule has 5 nitrogen and oxygen atoms in total. The van der Waals surface area contributed by atoms with Crippen LogP contribution in [0.4, 0.5) is 0 Å². The molecule has 0 aliphatic carbocycles. The highest BCUT2D eigenvalue weighted by Gasteiger charge is 2.22. The maximum absolute atomic E-state index is 11.8. The van der Waals surface area contributed by atoms with Crippen LogP contribution in [-0.2, 0) is 0 Å². The lowest BCUT2D eigenvalue weighted by Crippen LogP contribution is -2.47. The molecule has 18 heavy (non-hydrogen) atoms. The van der Waals surface area contributed by atoms with Gasteiger partial charge in [0.2, 0.25) is 0 Å². The van der Waals surface area contributed by atoms with Crippen LogP contribution in [0.2, 0.25) is 0 Å². The Hall–Kier alpha value is -1.59. The molecule has 1 aromatic carbocycles. The van der Waals surface area contributed by atoms with Crippen LogP contribution in [0.3, 0.4) is 0 Å². The number of nitrogens with zero attached hydrogens (tertiary/aromatic N) is 1. The van der Waals surface area contributed by atoms with Gasteiger partial charge >= 0.3 is 0 Å². The molecule has 0 saturated carbocycles. The number of aliphatic hydroxyl groups is 1. The smallest absolute Gasteiger partial charge is 0.255 e. The van der Waals surface area contributed by atoms with Crippen molar-refractivity contribution in [1.29, 1.82) is 0 Å². The molecule has 0 aliphatic heterocycles. The van der Waals surface area contributed by atoms with Gasteiger partial charge in [0.05, 0.1) is 11.2 Å². The van der Waals surface area contributed by atoms with E-state index in [1.54, 1.807) is 19.1 Å². The molecule has 1 unspecified atom stereocenters. The molecule has 0 aliphatic rings. The molecule has 1 atom stereocenters. The Bertz CT molecular complexity index is 416. The number of para-hydroxylation sites is 1. The molecular weight excluding hydrogens is 232 g/mol. The molecule has 3 N–H and O–H groups in total. The van der Waals surface area contributed by atoms with Gasteiger partial charge in [0.15, 0.2) is 0 Å². The fraction of sp³-hybridized carbons (Fsp3) is 0.462.